The molecule has 0 radical (unpaired) electrons. The second kappa shape index (κ2) is 4.54. The minimum absolute atomic E-state index is 0.511. The fourth-order valence-electron chi connectivity index (χ4n) is 0.378. The summed E-state index contributed by atoms with van der Waals surface area (Å²) < 4.78 is 25.1. The van der Waals surface area contributed by atoms with Crippen LogP contribution in [0.3, 0.4) is 0 Å². The highest BCUT2D eigenvalue weighted by Crippen LogP contribution is 2.49. The molecule has 0 spiro atoms. The Morgan fingerprint density at radius 3 is 2.09 bits per heavy atom. The Kier molecular flexibility index (Phi) is 4.42. The van der Waals surface area contributed by atoms with E-state index in [1.807, 2.05) is 0 Å². The van der Waals surface area contributed by atoms with Crippen LogP contribution in [0.4, 0.5) is 0 Å². The van der Waals surface area contributed by atoms with Crippen molar-refractivity contribution in [1.29, 1.82) is 0 Å². The first-order valence-corrected chi connectivity index (χ1v) is 4.58. The molecule has 0 saturated heterocycles. The number of phosphoric ester groups is 1. The van der Waals surface area contributed by atoms with Crippen molar-refractivity contribution in [2.24, 2.45) is 0 Å². The molecule has 0 aliphatic heterocycles. The van der Waals surface area contributed by atoms with Crippen LogP contribution in [0.2, 0.25) is 0 Å². The van der Waals surface area contributed by atoms with Crippen molar-refractivity contribution in [2.75, 3.05) is 14.2 Å². The summed E-state index contributed by atoms with van der Waals surface area (Å²) in [5, 5.41) is 0. The van der Waals surface area contributed by atoms with E-state index in [0.29, 0.717) is 5.76 Å². The van der Waals surface area contributed by atoms with Gasteiger partial charge in [-0.05, 0) is 19.9 Å². The monoisotopic (exact) mass is 180 g/mol. The molecule has 0 bridgehead atoms. The van der Waals surface area contributed by atoms with Gasteiger partial charge in [0.15, 0.2) is 0 Å². The van der Waals surface area contributed by atoms with E-state index in [1.165, 1.54) is 14.2 Å². The second-order valence-corrected chi connectivity index (χ2v) is 3.61. The number of allylic oxidation sites excluding steroid dienone is 2. The summed E-state index contributed by atoms with van der Waals surface area (Å²) in [6.45, 7) is 3.44. The Balaban J connectivity index is 4.20. The first kappa shape index (κ1) is 10.7. The zero-order valence-corrected chi connectivity index (χ0v) is 8.05. The SMILES string of the molecule is C/C=C(\C)OP(=O)(OC)OC. The van der Waals surface area contributed by atoms with Gasteiger partial charge < -0.3 is 4.52 Å². The van der Waals surface area contributed by atoms with Crippen molar-refractivity contribution in [3.63, 3.8) is 0 Å². The van der Waals surface area contributed by atoms with E-state index in [9.17, 15) is 4.57 Å². The maximum atomic E-state index is 11.2. The maximum absolute atomic E-state index is 11.2. The van der Waals surface area contributed by atoms with Crippen molar-refractivity contribution in [2.45, 2.75) is 13.8 Å². The largest absolute Gasteiger partial charge is 0.529 e. The zero-order chi connectivity index (χ0) is 8.91. The average molecular weight is 180 g/mol. The van der Waals surface area contributed by atoms with Gasteiger partial charge in [-0.15, -0.1) is 0 Å². The second-order valence-electron chi connectivity index (χ2n) is 1.80. The Labute approximate surface area is 66.8 Å². The highest BCUT2D eigenvalue weighted by molar-refractivity contribution is 7.48. The van der Waals surface area contributed by atoms with E-state index in [0.717, 1.165) is 0 Å². The highest BCUT2D eigenvalue weighted by atomic mass is 31.2. The molecule has 0 aliphatic carbocycles. The summed E-state index contributed by atoms with van der Waals surface area (Å²) in [6, 6.07) is 0. The van der Waals surface area contributed by atoms with Crippen molar-refractivity contribution < 1.29 is 18.1 Å². The Bertz CT molecular complexity index is 179. The lowest BCUT2D eigenvalue weighted by molar-refractivity contribution is 0.183. The molecular formula is C6H13O4P. The van der Waals surface area contributed by atoms with Gasteiger partial charge in [0, 0.05) is 14.2 Å². The topological polar surface area (TPSA) is 44.8 Å². The predicted molar refractivity (Wildman–Crippen MR) is 42.1 cm³/mol. The van der Waals surface area contributed by atoms with Gasteiger partial charge in [0.2, 0.25) is 0 Å². The first-order valence-electron chi connectivity index (χ1n) is 3.12. The molecule has 4 nitrogen and oxygen atoms in total. The number of hydrogen-bond donors (Lipinski definition) is 0. The smallest absolute Gasteiger partial charge is 0.409 e. The Hall–Kier alpha value is -0.310. The van der Waals surface area contributed by atoms with E-state index in [4.69, 9.17) is 4.52 Å². The highest BCUT2D eigenvalue weighted by Gasteiger charge is 2.23. The zero-order valence-electron chi connectivity index (χ0n) is 7.16. The van der Waals surface area contributed by atoms with Gasteiger partial charge in [0.05, 0.1) is 0 Å². The average Bonchev–Trinajstić information content (AvgIpc) is 2.04. The summed E-state index contributed by atoms with van der Waals surface area (Å²) in [4.78, 5) is 0. The lowest BCUT2D eigenvalue weighted by Crippen LogP contribution is -1.92. The van der Waals surface area contributed by atoms with Crippen molar-refractivity contribution in [1.82, 2.24) is 0 Å². The molecule has 0 saturated carbocycles. The summed E-state index contributed by atoms with van der Waals surface area (Å²) >= 11 is 0. The van der Waals surface area contributed by atoms with Crippen LogP contribution in [0.15, 0.2) is 11.8 Å². The van der Waals surface area contributed by atoms with E-state index in [1.54, 1.807) is 19.9 Å². The van der Waals surface area contributed by atoms with Crippen molar-refractivity contribution in [3.8, 4) is 0 Å². The molecule has 0 aromatic rings. The molecule has 5 heteroatoms. The summed E-state index contributed by atoms with van der Waals surface area (Å²) in [5.74, 6) is 0.511. The van der Waals surface area contributed by atoms with Gasteiger partial charge in [-0.3, -0.25) is 9.05 Å². The predicted octanol–water partition coefficient (Wildman–Crippen LogP) is 2.33. The lowest BCUT2D eigenvalue weighted by atomic mass is 10.5. The molecule has 0 aromatic carbocycles. The van der Waals surface area contributed by atoms with E-state index in [2.05, 4.69) is 9.05 Å². The van der Waals surface area contributed by atoms with Crippen LogP contribution in [0.5, 0.6) is 0 Å². The normalized spacial score (nSPS) is 13.3. The minimum Gasteiger partial charge on any atom is -0.409 e. The van der Waals surface area contributed by atoms with Crippen LogP contribution in [0.25, 0.3) is 0 Å². The van der Waals surface area contributed by atoms with Crippen LogP contribution >= 0.6 is 7.82 Å². The lowest BCUT2D eigenvalue weighted by Gasteiger charge is -2.13. The van der Waals surface area contributed by atoms with Crippen LogP contribution in [0, 0.1) is 0 Å². The number of hydrogen-bond acceptors (Lipinski definition) is 4. The summed E-state index contributed by atoms with van der Waals surface area (Å²) in [6.07, 6.45) is 1.67. The van der Waals surface area contributed by atoms with Gasteiger partial charge in [-0.1, -0.05) is 0 Å². The summed E-state index contributed by atoms with van der Waals surface area (Å²) in [5.41, 5.74) is 0. The third-order valence-electron chi connectivity index (χ3n) is 1.11. The standard InChI is InChI=1S/C6H13O4P/c1-5-6(2)10-11(7,8-3)9-4/h5H,1-4H3/b6-5+. The van der Waals surface area contributed by atoms with Gasteiger partial charge in [-0.25, -0.2) is 4.57 Å². The maximum Gasteiger partial charge on any atom is 0.529 e. The molecule has 0 rings (SSSR count). The molecule has 0 N–H and O–H groups in total. The Morgan fingerprint density at radius 2 is 1.82 bits per heavy atom. The van der Waals surface area contributed by atoms with E-state index >= 15 is 0 Å². The molecule has 0 fully saturated rings. The van der Waals surface area contributed by atoms with E-state index in [-0.39, 0.29) is 0 Å². The van der Waals surface area contributed by atoms with Crippen LogP contribution in [0.1, 0.15) is 13.8 Å². The molecule has 66 valence electrons. The molecule has 0 heterocycles. The summed E-state index contributed by atoms with van der Waals surface area (Å²) in [7, 11) is -0.780. The third-order valence-corrected chi connectivity index (χ3v) is 2.52. The van der Waals surface area contributed by atoms with Crippen LogP contribution < -0.4 is 0 Å². The van der Waals surface area contributed by atoms with Crippen molar-refractivity contribution >= 4 is 7.82 Å². The fourth-order valence-corrected chi connectivity index (χ4v) is 1.13. The van der Waals surface area contributed by atoms with Gasteiger partial charge in [0.1, 0.15) is 5.76 Å². The molecule has 0 unspecified atom stereocenters. The molecular weight excluding hydrogens is 167 g/mol. The van der Waals surface area contributed by atoms with Gasteiger partial charge in [0.25, 0.3) is 0 Å². The minimum atomic E-state index is -3.32. The molecule has 11 heavy (non-hydrogen) atoms. The van der Waals surface area contributed by atoms with E-state index < -0.39 is 7.82 Å². The molecule has 0 aliphatic rings. The quantitative estimate of drug-likeness (QED) is 0.492. The van der Waals surface area contributed by atoms with Gasteiger partial charge >= 0.3 is 7.82 Å². The molecule has 0 amide bonds. The van der Waals surface area contributed by atoms with Crippen molar-refractivity contribution in [3.05, 3.63) is 11.8 Å². The number of phosphoric acid groups is 1. The first-order chi connectivity index (χ1) is 5.08. The van der Waals surface area contributed by atoms with Crippen LogP contribution in [-0.2, 0) is 18.1 Å². The Morgan fingerprint density at radius 1 is 1.36 bits per heavy atom. The third kappa shape index (κ3) is 3.56. The van der Waals surface area contributed by atoms with Crippen LogP contribution in [-0.4, -0.2) is 14.2 Å². The molecule has 0 atom stereocenters. The van der Waals surface area contributed by atoms with Gasteiger partial charge in [-0.2, -0.15) is 0 Å². The number of rotatable bonds is 4. The molecule has 0 aromatic heterocycles. The fraction of sp³-hybridized carbons (Fsp3) is 0.667.